The van der Waals surface area contributed by atoms with Crippen molar-refractivity contribution in [3.8, 4) is 0 Å². The van der Waals surface area contributed by atoms with E-state index < -0.39 is 23.5 Å². The van der Waals surface area contributed by atoms with Gasteiger partial charge in [-0.15, -0.1) is 0 Å². The highest BCUT2D eigenvalue weighted by atomic mass is 19.3. The molecule has 0 aliphatic heterocycles. The Morgan fingerprint density at radius 2 is 2.09 bits per heavy atom. The van der Waals surface area contributed by atoms with Crippen molar-refractivity contribution in [2.45, 2.75) is 57.6 Å². The second-order valence-electron chi connectivity index (χ2n) is 6.36. The normalized spacial score (nSPS) is 18.7. The molecular weight excluding hydrogens is 290 g/mol. The smallest absolute Gasteiger partial charge is 0.352 e. The van der Waals surface area contributed by atoms with Gasteiger partial charge in [0.05, 0.1) is 11.7 Å². The number of nitrogens with one attached hydrogen (secondary N) is 1. The van der Waals surface area contributed by atoms with Crippen LogP contribution in [-0.4, -0.2) is 27.5 Å². The van der Waals surface area contributed by atoms with Crippen molar-refractivity contribution >= 4 is 5.91 Å². The van der Waals surface area contributed by atoms with E-state index in [2.05, 4.69) is 10.3 Å². The van der Waals surface area contributed by atoms with Gasteiger partial charge in [0.15, 0.2) is 0 Å². The van der Waals surface area contributed by atoms with E-state index in [1.165, 1.54) is 0 Å². The number of hydrogen-bond donors (Lipinski definition) is 2. The Balaban J connectivity index is 2.22. The topological polar surface area (TPSA) is 62.2 Å². The largest absolute Gasteiger partial charge is 0.383 e. The van der Waals surface area contributed by atoms with Crippen LogP contribution >= 0.6 is 0 Å². The van der Waals surface area contributed by atoms with Crippen LogP contribution in [0.5, 0.6) is 0 Å². The third-order valence-electron chi connectivity index (χ3n) is 4.35. The van der Waals surface area contributed by atoms with Gasteiger partial charge in [0.1, 0.15) is 5.60 Å². The van der Waals surface area contributed by atoms with Crippen LogP contribution in [0.3, 0.4) is 0 Å². The number of hydrogen-bond acceptors (Lipinski definition) is 3. The van der Waals surface area contributed by atoms with Crippen molar-refractivity contribution in [3.05, 3.63) is 29.6 Å². The second-order valence-corrected chi connectivity index (χ2v) is 6.36. The number of amides is 1. The van der Waals surface area contributed by atoms with Gasteiger partial charge < -0.3 is 10.4 Å². The van der Waals surface area contributed by atoms with E-state index in [4.69, 9.17) is 0 Å². The molecule has 1 unspecified atom stereocenters. The molecule has 1 saturated carbocycles. The summed E-state index contributed by atoms with van der Waals surface area (Å²) in [7, 11) is 0. The van der Waals surface area contributed by atoms with Crippen LogP contribution < -0.4 is 5.32 Å². The number of aliphatic hydroxyl groups is 1. The van der Waals surface area contributed by atoms with E-state index in [-0.39, 0.29) is 18.8 Å². The summed E-state index contributed by atoms with van der Waals surface area (Å²) in [6.07, 6.45) is 1.97. The average molecular weight is 312 g/mol. The van der Waals surface area contributed by atoms with Crippen molar-refractivity contribution < 1.29 is 18.7 Å². The molecule has 2 N–H and O–H groups in total. The molecule has 0 bridgehead atoms. The number of carbonyl (C=O) groups is 1. The van der Waals surface area contributed by atoms with Crippen LogP contribution in [-0.2, 0) is 4.79 Å². The maximum atomic E-state index is 14.2. The zero-order valence-electron chi connectivity index (χ0n) is 13.1. The molecule has 0 aromatic carbocycles. The van der Waals surface area contributed by atoms with Gasteiger partial charge in [0, 0.05) is 6.20 Å². The summed E-state index contributed by atoms with van der Waals surface area (Å²) < 4.78 is 28.4. The van der Waals surface area contributed by atoms with Gasteiger partial charge in [-0.3, -0.25) is 9.78 Å². The number of rotatable bonds is 5. The van der Waals surface area contributed by atoms with Gasteiger partial charge in [0.2, 0.25) is 0 Å². The number of pyridine rings is 1. The number of halogens is 2. The summed E-state index contributed by atoms with van der Waals surface area (Å²) >= 11 is 0. The molecule has 1 heterocycles. The van der Waals surface area contributed by atoms with Crippen LogP contribution in [0.4, 0.5) is 8.78 Å². The predicted molar refractivity (Wildman–Crippen MR) is 78.4 cm³/mol. The highest BCUT2D eigenvalue weighted by Crippen LogP contribution is 2.44. The van der Waals surface area contributed by atoms with Crippen LogP contribution in [0, 0.1) is 12.8 Å². The fourth-order valence-corrected chi connectivity index (χ4v) is 2.64. The van der Waals surface area contributed by atoms with Crippen LogP contribution in [0.1, 0.15) is 50.4 Å². The Morgan fingerprint density at radius 1 is 1.45 bits per heavy atom. The SMILES string of the molecule is Cc1cccnc1C(NC(=O)C(F)(F)C1(O)CCC1)C(C)C. The quantitative estimate of drug-likeness (QED) is 0.879. The van der Waals surface area contributed by atoms with Gasteiger partial charge in [0.25, 0.3) is 5.91 Å². The van der Waals surface area contributed by atoms with Crippen LogP contribution in [0.15, 0.2) is 18.3 Å². The lowest BCUT2D eigenvalue weighted by Crippen LogP contribution is -2.61. The van der Waals surface area contributed by atoms with Gasteiger partial charge in [-0.25, -0.2) is 0 Å². The Bertz CT molecular complexity index is 557. The van der Waals surface area contributed by atoms with Crippen molar-refractivity contribution in [2.24, 2.45) is 5.92 Å². The highest BCUT2D eigenvalue weighted by Gasteiger charge is 2.61. The molecule has 0 saturated heterocycles. The van der Waals surface area contributed by atoms with E-state index in [9.17, 15) is 18.7 Å². The Labute approximate surface area is 128 Å². The van der Waals surface area contributed by atoms with Gasteiger partial charge in [-0.2, -0.15) is 8.78 Å². The molecule has 0 spiro atoms. The highest BCUT2D eigenvalue weighted by molar-refractivity contribution is 5.85. The third kappa shape index (κ3) is 2.84. The molecule has 1 aliphatic carbocycles. The van der Waals surface area contributed by atoms with Gasteiger partial charge in [-0.1, -0.05) is 19.9 Å². The first-order valence-electron chi connectivity index (χ1n) is 7.52. The first-order valence-corrected chi connectivity index (χ1v) is 7.52. The minimum absolute atomic E-state index is 0.0532. The molecule has 1 aliphatic rings. The van der Waals surface area contributed by atoms with E-state index in [0.29, 0.717) is 12.1 Å². The lowest BCUT2D eigenvalue weighted by molar-refractivity contribution is -0.216. The lowest BCUT2D eigenvalue weighted by Gasteiger charge is -2.42. The number of alkyl halides is 2. The molecule has 4 nitrogen and oxygen atoms in total. The molecule has 0 radical (unpaired) electrons. The zero-order chi connectivity index (χ0) is 16.5. The molecule has 1 amide bonds. The van der Waals surface area contributed by atoms with Crippen molar-refractivity contribution in [2.75, 3.05) is 0 Å². The molecule has 1 fully saturated rings. The summed E-state index contributed by atoms with van der Waals surface area (Å²) in [5, 5.41) is 12.2. The molecular formula is C16H22F2N2O2. The van der Waals surface area contributed by atoms with E-state index in [1.807, 2.05) is 26.8 Å². The second kappa shape index (κ2) is 5.91. The minimum Gasteiger partial charge on any atom is -0.383 e. The molecule has 1 aromatic heterocycles. The van der Waals surface area contributed by atoms with E-state index >= 15 is 0 Å². The maximum absolute atomic E-state index is 14.2. The number of aromatic nitrogens is 1. The summed E-state index contributed by atoms with van der Waals surface area (Å²) in [6, 6.07) is 2.95. The Morgan fingerprint density at radius 3 is 2.55 bits per heavy atom. The summed E-state index contributed by atoms with van der Waals surface area (Å²) in [5.74, 6) is -5.33. The first-order chi connectivity index (χ1) is 10.2. The fraction of sp³-hybridized carbons (Fsp3) is 0.625. The molecule has 122 valence electrons. The van der Waals surface area contributed by atoms with Crippen molar-refractivity contribution in [1.29, 1.82) is 0 Å². The van der Waals surface area contributed by atoms with Crippen molar-refractivity contribution in [1.82, 2.24) is 10.3 Å². The Hall–Kier alpha value is -1.56. The average Bonchev–Trinajstić information content (AvgIpc) is 2.42. The minimum atomic E-state index is -3.79. The summed E-state index contributed by atoms with van der Waals surface area (Å²) in [6.45, 7) is 5.48. The third-order valence-corrected chi connectivity index (χ3v) is 4.35. The standard InChI is InChI=1S/C16H22F2N2O2/c1-10(2)12(13-11(3)6-4-9-19-13)20-14(21)16(17,18)15(22)7-5-8-15/h4,6,9-10,12,22H,5,7-8H2,1-3H3,(H,20,21). The molecule has 1 aromatic rings. The first kappa shape index (κ1) is 16.8. The number of carbonyl (C=O) groups excluding carboxylic acids is 1. The molecule has 1 atom stereocenters. The zero-order valence-corrected chi connectivity index (χ0v) is 13.1. The molecule has 6 heteroatoms. The molecule has 2 rings (SSSR count). The Kier molecular flexibility index (Phi) is 4.52. The van der Waals surface area contributed by atoms with E-state index in [0.717, 1.165) is 5.56 Å². The molecule has 22 heavy (non-hydrogen) atoms. The fourth-order valence-electron chi connectivity index (χ4n) is 2.64. The number of aryl methyl sites for hydroxylation is 1. The maximum Gasteiger partial charge on any atom is 0.352 e. The van der Waals surface area contributed by atoms with E-state index in [1.54, 1.807) is 12.3 Å². The summed E-state index contributed by atoms with van der Waals surface area (Å²) in [5.41, 5.74) is -0.813. The van der Waals surface area contributed by atoms with Crippen LogP contribution in [0.2, 0.25) is 0 Å². The van der Waals surface area contributed by atoms with Crippen molar-refractivity contribution in [3.63, 3.8) is 0 Å². The van der Waals surface area contributed by atoms with Gasteiger partial charge in [-0.05, 0) is 43.7 Å². The van der Waals surface area contributed by atoms with Gasteiger partial charge >= 0.3 is 5.92 Å². The predicted octanol–water partition coefficient (Wildman–Crippen LogP) is 2.75. The lowest BCUT2D eigenvalue weighted by atomic mass is 9.75. The van der Waals surface area contributed by atoms with Crippen LogP contribution in [0.25, 0.3) is 0 Å². The monoisotopic (exact) mass is 312 g/mol. The number of nitrogens with zero attached hydrogens (tertiary/aromatic N) is 1. The summed E-state index contributed by atoms with van der Waals surface area (Å²) in [4.78, 5) is 16.3.